The maximum Gasteiger partial charge on any atom is 0.0732 e. The first kappa shape index (κ1) is 9.65. The second kappa shape index (κ2) is 3.52. The zero-order valence-corrected chi connectivity index (χ0v) is 9.20. The molecule has 0 aliphatic carbocycles. The fourth-order valence-corrected chi connectivity index (χ4v) is 2.46. The van der Waals surface area contributed by atoms with Gasteiger partial charge in [0, 0.05) is 7.05 Å². The molecule has 0 N–H and O–H groups in total. The van der Waals surface area contributed by atoms with E-state index in [4.69, 9.17) is 0 Å². The van der Waals surface area contributed by atoms with Crippen LogP contribution in [0, 0.1) is 6.92 Å². The highest BCUT2D eigenvalue weighted by molar-refractivity contribution is 7.98. The third kappa shape index (κ3) is 1.51. The lowest BCUT2D eigenvalue weighted by Gasteiger charge is -2.07. The van der Waals surface area contributed by atoms with Gasteiger partial charge in [-0.25, -0.2) is 0 Å². The minimum absolute atomic E-state index is 0.554. The summed E-state index contributed by atoms with van der Waals surface area (Å²) < 4.78 is 1.99. The third-order valence-corrected chi connectivity index (χ3v) is 2.87. The summed E-state index contributed by atoms with van der Waals surface area (Å²) in [5.41, 5.74) is 2.49. The monoisotopic (exact) mass is 184 g/mol. The Morgan fingerprint density at radius 3 is 2.33 bits per heavy atom. The summed E-state index contributed by atoms with van der Waals surface area (Å²) >= 11 is 1.79. The summed E-state index contributed by atoms with van der Waals surface area (Å²) in [5, 5.41) is 4.40. The normalized spacial score (nSPS) is 11.2. The molecule has 0 unspecified atom stereocenters. The van der Waals surface area contributed by atoms with Crippen LogP contribution in [0.5, 0.6) is 0 Å². The van der Waals surface area contributed by atoms with Gasteiger partial charge >= 0.3 is 0 Å². The van der Waals surface area contributed by atoms with Gasteiger partial charge in [-0.2, -0.15) is 5.10 Å². The predicted molar refractivity (Wildman–Crippen MR) is 53.8 cm³/mol. The van der Waals surface area contributed by atoms with Gasteiger partial charge in [-0.05, 0) is 19.1 Å². The molecule has 1 heterocycles. The van der Waals surface area contributed by atoms with Crippen LogP contribution in [0.25, 0.3) is 0 Å². The Labute approximate surface area is 78.4 Å². The van der Waals surface area contributed by atoms with Crippen molar-refractivity contribution in [3.8, 4) is 0 Å². The summed E-state index contributed by atoms with van der Waals surface area (Å²) in [4.78, 5) is 1.34. The van der Waals surface area contributed by atoms with Gasteiger partial charge in [0.25, 0.3) is 0 Å². The van der Waals surface area contributed by atoms with E-state index in [1.165, 1.54) is 10.6 Å². The summed E-state index contributed by atoms with van der Waals surface area (Å²) in [5.74, 6) is 0.554. The summed E-state index contributed by atoms with van der Waals surface area (Å²) in [6, 6.07) is 0. The molecule has 0 fully saturated rings. The average molecular weight is 184 g/mol. The lowest BCUT2D eigenvalue weighted by atomic mass is 10.1. The first-order chi connectivity index (χ1) is 5.57. The second-order valence-corrected chi connectivity index (χ2v) is 4.10. The summed E-state index contributed by atoms with van der Waals surface area (Å²) in [6.07, 6.45) is 2.11. The number of thioether (sulfide) groups is 1. The Hall–Kier alpha value is -0.440. The molecule has 0 aliphatic rings. The van der Waals surface area contributed by atoms with E-state index in [1.54, 1.807) is 11.8 Å². The van der Waals surface area contributed by atoms with Crippen LogP contribution >= 0.6 is 11.8 Å². The first-order valence-electron chi connectivity index (χ1n) is 4.15. The lowest BCUT2D eigenvalue weighted by Crippen LogP contribution is -2.00. The quantitative estimate of drug-likeness (QED) is 0.657. The van der Waals surface area contributed by atoms with Crippen molar-refractivity contribution >= 4 is 11.8 Å². The topological polar surface area (TPSA) is 17.8 Å². The molecule has 0 bridgehead atoms. The molecule has 0 atom stereocenters. The van der Waals surface area contributed by atoms with Crippen molar-refractivity contribution < 1.29 is 0 Å². The highest BCUT2D eigenvalue weighted by Gasteiger charge is 2.14. The SMILES string of the molecule is CSc1c(C)nn(C)c1C(C)C. The van der Waals surface area contributed by atoms with Crippen LogP contribution in [0.1, 0.15) is 31.2 Å². The van der Waals surface area contributed by atoms with E-state index in [0.29, 0.717) is 5.92 Å². The van der Waals surface area contributed by atoms with Crippen LogP contribution in [-0.2, 0) is 7.05 Å². The number of aromatic nitrogens is 2. The van der Waals surface area contributed by atoms with Crippen molar-refractivity contribution in [1.29, 1.82) is 0 Å². The molecule has 1 aromatic heterocycles. The van der Waals surface area contributed by atoms with Crippen LogP contribution in [0.3, 0.4) is 0 Å². The van der Waals surface area contributed by atoms with E-state index in [2.05, 4.69) is 32.1 Å². The van der Waals surface area contributed by atoms with Gasteiger partial charge in [0.2, 0.25) is 0 Å². The molecular weight excluding hydrogens is 168 g/mol. The Bertz CT molecular complexity index is 276. The maximum absolute atomic E-state index is 4.40. The standard InChI is InChI=1S/C9H16N2S/c1-6(2)8-9(12-5)7(3)10-11(8)4/h6H,1-5H3. The number of rotatable bonds is 2. The molecule has 0 radical (unpaired) electrons. The third-order valence-electron chi connectivity index (χ3n) is 1.96. The van der Waals surface area contributed by atoms with Crippen molar-refractivity contribution in [1.82, 2.24) is 9.78 Å². The number of aryl methyl sites for hydroxylation is 2. The highest BCUT2D eigenvalue weighted by Crippen LogP contribution is 2.28. The molecule has 0 saturated carbocycles. The van der Waals surface area contributed by atoms with Gasteiger partial charge in [-0.15, -0.1) is 11.8 Å². The molecule has 3 heteroatoms. The van der Waals surface area contributed by atoms with Crippen molar-refractivity contribution in [2.45, 2.75) is 31.6 Å². The van der Waals surface area contributed by atoms with Crippen molar-refractivity contribution in [2.24, 2.45) is 7.05 Å². The van der Waals surface area contributed by atoms with E-state index in [9.17, 15) is 0 Å². The Morgan fingerprint density at radius 2 is 2.00 bits per heavy atom. The van der Waals surface area contributed by atoms with Crippen LogP contribution in [0.2, 0.25) is 0 Å². The van der Waals surface area contributed by atoms with E-state index >= 15 is 0 Å². The smallest absolute Gasteiger partial charge is 0.0732 e. The number of hydrogen-bond donors (Lipinski definition) is 0. The van der Waals surface area contributed by atoms with Gasteiger partial charge in [-0.3, -0.25) is 4.68 Å². The minimum atomic E-state index is 0.554. The average Bonchev–Trinajstić information content (AvgIpc) is 2.24. The minimum Gasteiger partial charge on any atom is -0.271 e. The van der Waals surface area contributed by atoms with E-state index < -0.39 is 0 Å². The van der Waals surface area contributed by atoms with Crippen LogP contribution in [0.15, 0.2) is 4.90 Å². The van der Waals surface area contributed by atoms with Gasteiger partial charge in [-0.1, -0.05) is 13.8 Å². The second-order valence-electron chi connectivity index (χ2n) is 3.28. The zero-order valence-electron chi connectivity index (χ0n) is 8.38. The maximum atomic E-state index is 4.40. The van der Waals surface area contributed by atoms with E-state index in [-0.39, 0.29) is 0 Å². The van der Waals surface area contributed by atoms with Crippen molar-refractivity contribution in [2.75, 3.05) is 6.26 Å². The van der Waals surface area contributed by atoms with Crippen molar-refractivity contribution in [3.05, 3.63) is 11.4 Å². The fourth-order valence-electron chi connectivity index (χ4n) is 1.54. The number of hydrogen-bond acceptors (Lipinski definition) is 2. The Kier molecular flexibility index (Phi) is 2.83. The molecule has 1 rings (SSSR count). The molecule has 12 heavy (non-hydrogen) atoms. The van der Waals surface area contributed by atoms with Gasteiger partial charge in [0.05, 0.1) is 16.3 Å². The van der Waals surface area contributed by atoms with E-state index in [1.807, 2.05) is 11.7 Å². The van der Waals surface area contributed by atoms with E-state index in [0.717, 1.165) is 5.69 Å². The number of nitrogens with zero attached hydrogens (tertiary/aromatic N) is 2. The van der Waals surface area contributed by atoms with Crippen LogP contribution in [-0.4, -0.2) is 16.0 Å². The summed E-state index contributed by atoms with van der Waals surface area (Å²) in [6.45, 7) is 6.48. The molecule has 1 aromatic rings. The van der Waals surface area contributed by atoms with Crippen LogP contribution in [0.4, 0.5) is 0 Å². The Balaban J connectivity index is 3.23. The first-order valence-corrected chi connectivity index (χ1v) is 5.37. The fraction of sp³-hybridized carbons (Fsp3) is 0.667. The molecule has 0 amide bonds. The largest absolute Gasteiger partial charge is 0.271 e. The molecule has 2 nitrogen and oxygen atoms in total. The Morgan fingerprint density at radius 1 is 1.42 bits per heavy atom. The summed E-state index contributed by atoms with van der Waals surface area (Å²) in [7, 11) is 2.02. The molecule has 0 spiro atoms. The highest BCUT2D eigenvalue weighted by atomic mass is 32.2. The van der Waals surface area contributed by atoms with Gasteiger partial charge in [0.15, 0.2) is 0 Å². The molecule has 68 valence electrons. The lowest BCUT2D eigenvalue weighted by molar-refractivity contribution is 0.659. The van der Waals surface area contributed by atoms with Gasteiger partial charge in [0.1, 0.15) is 0 Å². The molecule has 0 aliphatic heterocycles. The molecule has 0 aromatic carbocycles. The van der Waals surface area contributed by atoms with Crippen LogP contribution < -0.4 is 0 Å². The molecule has 0 saturated heterocycles. The predicted octanol–water partition coefficient (Wildman–Crippen LogP) is 2.57. The molecular formula is C9H16N2S. The van der Waals surface area contributed by atoms with Gasteiger partial charge < -0.3 is 0 Å². The van der Waals surface area contributed by atoms with Crippen molar-refractivity contribution in [3.63, 3.8) is 0 Å². The zero-order chi connectivity index (χ0) is 9.30.